The first-order chi connectivity index (χ1) is 9.24. The fourth-order valence-corrected chi connectivity index (χ4v) is 3.73. The Kier molecular flexibility index (Phi) is 5.17. The van der Waals surface area contributed by atoms with Crippen LogP contribution >= 0.6 is 22.7 Å². The highest BCUT2D eigenvalue weighted by molar-refractivity contribution is 7.21. The lowest BCUT2D eigenvalue weighted by atomic mass is 10.3. The standard InChI is InChI=1S/C15H15N2S2.HI/c1-16-9-10-17(2)15(16)8-6-12-5-7-14(19-12)13-4-3-11-18-13;/h3-11H,1-2H3;1H/q+1;/p-1/b8-6+;. The van der Waals surface area contributed by atoms with Gasteiger partial charge in [0.15, 0.2) is 0 Å². The average molecular weight is 414 g/mol. The van der Waals surface area contributed by atoms with E-state index >= 15 is 0 Å². The summed E-state index contributed by atoms with van der Waals surface area (Å²) < 4.78 is 4.23. The van der Waals surface area contributed by atoms with Gasteiger partial charge in [-0.15, -0.1) is 22.7 Å². The SMILES string of the molecule is Cn1cc[n+](C)c1/C=C/c1ccc(-c2cccs2)s1.[I-]. The van der Waals surface area contributed by atoms with Gasteiger partial charge in [-0.05, 0) is 29.7 Å². The fourth-order valence-electron chi connectivity index (χ4n) is 1.99. The molecule has 0 aliphatic carbocycles. The van der Waals surface area contributed by atoms with Crippen LogP contribution in [0.25, 0.3) is 21.9 Å². The van der Waals surface area contributed by atoms with Gasteiger partial charge < -0.3 is 24.0 Å². The normalized spacial score (nSPS) is 10.9. The van der Waals surface area contributed by atoms with Crippen molar-refractivity contribution in [1.29, 1.82) is 0 Å². The van der Waals surface area contributed by atoms with Crippen LogP contribution in [0.1, 0.15) is 10.7 Å². The highest BCUT2D eigenvalue weighted by Gasteiger charge is 2.07. The van der Waals surface area contributed by atoms with Gasteiger partial charge in [-0.3, -0.25) is 0 Å². The molecule has 0 saturated heterocycles. The lowest BCUT2D eigenvalue weighted by Gasteiger charge is -1.90. The van der Waals surface area contributed by atoms with Gasteiger partial charge in [0.1, 0.15) is 12.4 Å². The topological polar surface area (TPSA) is 8.81 Å². The van der Waals surface area contributed by atoms with Gasteiger partial charge in [-0.1, -0.05) is 6.07 Å². The highest BCUT2D eigenvalue weighted by Crippen LogP contribution is 2.32. The molecule has 0 aromatic carbocycles. The number of imidazole rings is 1. The van der Waals surface area contributed by atoms with Gasteiger partial charge in [0.05, 0.1) is 14.1 Å². The van der Waals surface area contributed by atoms with Crippen molar-refractivity contribution in [2.45, 2.75) is 0 Å². The van der Waals surface area contributed by atoms with E-state index in [2.05, 4.69) is 77.4 Å². The number of halogens is 1. The van der Waals surface area contributed by atoms with Gasteiger partial charge in [0, 0.05) is 20.7 Å². The van der Waals surface area contributed by atoms with Crippen molar-refractivity contribution in [3.8, 4) is 9.75 Å². The van der Waals surface area contributed by atoms with Crippen LogP contribution in [-0.2, 0) is 14.1 Å². The first kappa shape index (κ1) is 15.5. The summed E-state index contributed by atoms with van der Waals surface area (Å²) in [4.78, 5) is 3.96. The molecule has 0 N–H and O–H groups in total. The quantitative estimate of drug-likeness (QED) is 0.443. The molecular formula is C15H15IN2S2. The van der Waals surface area contributed by atoms with Gasteiger partial charge in [0.25, 0.3) is 5.82 Å². The largest absolute Gasteiger partial charge is 1.00 e. The second-order valence-corrected chi connectivity index (χ2v) is 6.45. The average Bonchev–Trinajstić information content (AvgIpc) is 3.10. The molecule has 2 nitrogen and oxygen atoms in total. The van der Waals surface area contributed by atoms with Gasteiger partial charge in [0.2, 0.25) is 0 Å². The molecule has 3 rings (SSSR count). The van der Waals surface area contributed by atoms with Crippen molar-refractivity contribution in [2.75, 3.05) is 0 Å². The Balaban J connectivity index is 0.00000147. The first-order valence-electron chi connectivity index (χ1n) is 6.07. The molecule has 0 aliphatic heterocycles. The van der Waals surface area contributed by atoms with E-state index in [0.717, 1.165) is 0 Å². The van der Waals surface area contributed by atoms with Crippen LogP contribution in [0.5, 0.6) is 0 Å². The van der Waals surface area contributed by atoms with Crippen LogP contribution in [0.2, 0.25) is 0 Å². The number of aromatic nitrogens is 2. The Morgan fingerprint density at radius 3 is 2.65 bits per heavy atom. The monoisotopic (exact) mass is 414 g/mol. The molecule has 0 unspecified atom stereocenters. The molecule has 5 heteroatoms. The van der Waals surface area contributed by atoms with E-state index in [1.165, 1.54) is 20.5 Å². The molecule has 0 atom stereocenters. The summed E-state index contributed by atoms with van der Waals surface area (Å²) in [6, 6.07) is 8.64. The molecule has 0 spiro atoms. The molecular weight excluding hydrogens is 399 g/mol. The van der Waals surface area contributed by atoms with E-state index in [1.807, 2.05) is 11.3 Å². The van der Waals surface area contributed by atoms with Gasteiger partial charge in [-0.2, -0.15) is 0 Å². The summed E-state index contributed by atoms with van der Waals surface area (Å²) in [6.45, 7) is 0. The van der Waals surface area contributed by atoms with Gasteiger partial charge >= 0.3 is 0 Å². The number of rotatable bonds is 3. The van der Waals surface area contributed by atoms with Crippen molar-refractivity contribution >= 4 is 34.8 Å². The predicted octanol–water partition coefficient (Wildman–Crippen LogP) is 0.814. The van der Waals surface area contributed by atoms with Crippen LogP contribution < -0.4 is 28.5 Å². The number of hydrogen-bond acceptors (Lipinski definition) is 2. The molecule has 0 radical (unpaired) electrons. The zero-order valence-corrected chi connectivity index (χ0v) is 15.1. The summed E-state index contributed by atoms with van der Waals surface area (Å²) in [5.74, 6) is 1.19. The molecule has 104 valence electrons. The molecule has 0 amide bonds. The van der Waals surface area contributed by atoms with Crippen molar-refractivity contribution in [3.63, 3.8) is 0 Å². The van der Waals surface area contributed by atoms with Crippen LogP contribution in [0.15, 0.2) is 42.0 Å². The van der Waals surface area contributed by atoms with E-state index in [9.17, 15) is 0 Å². The second-order valence-electron chi connectivity index (χ2n) is 4.39. The Bertz CT molecular complexity index is 689. The Labute approximate surface area is 144 Å². The lowest BCUT2D eigenvalue weighted by Crippen LogP contribution is -3.00. The van der Waals surface area contributed by atoms with Crippen molar-refractivity contribution in [2.24, 2.45) is 14.1 Å². The minimum atomic E-state index is 0. The van der Waals surface area contributed by atoms with E-state index < -0.39 is 0 Å². The first-order valence-corrected chi connectivity index (χ1v) is 7.76. The van der Waals surface area contributed by atoms with E-state index in [-0.39, 0.29) is 24.0 Å². The smallest absolute Gasteiger partial charge is 0.281 e. The van der Waals surface area contributed by atoms with E-state index in [4.69, 9.17) is 0 Å². The zero-order chi connectivity index (χ0) is 13.2. The molecule has 20 heavy (non-hydrogen) atoms. The van der Waals surface area contributed by atoms with Crippen LogP contribution in [0, 0.1) is 0 Å². The molecule has 0 bridgehead atoms. The Hall–Kier alpha value is -0.920. The predicted molar refractivity (Wildman–Crippen MR) is 83.1 cm³/mol. The van der Waals surface area contributed by atoms with Crippen LogP contribution in [0.4, 0.5) is 0 Å². The maximum atomic E-state index is 2.20. The molecule has 0 fully saturated rings. The molecule has 3 heterocycles. The second kappa shape index (κ2) is 6.69. The van der Waals surface area contributed by atoms with E-state index in [1.54, 1.807) is 11.3 Å². The molecule has 3 aromatic heterocycles. The summed E-state index contributed by atoms with van der Waals surface area (Å²) in [5.41, 5.74) is 0. The zero-order valence-electron chi connectivity index (χ0n) is 11.3. The number of aryl methyl sites for hydroxylation is 2. The third-order valence-corrected chi connectivity index (χ3v) is 5.14. The summed E-state index contributed by atoms with van der Waals surface area (Å²) in [7, 11) is 4.12. The number of thiophene rings is 2. The summed E-state index contributed by atoms with van der Waals surface area (Å²) in [5, 5.41) is 2.12. The van der Waals surface area contributed by atoms with Crippen molar-refractivity contribution < 1.29 is 28.5 Å². The fraction of sp³-hybridized carbons (Fsp3) is 0.133. The summed E-state index contributed by atoms with van der Waals surface area (Å²) >= 11 is 3.62. The molecule has 0 saturated carbocycles. The molecule has 3 aromatic rings. The van der Waals surface area contributed by atoms with Crippen molar-refractivity contribution in [1.82, 2.24) is 4.57 Å². The van der Waals surface area contributed by atoms with Crippen LogP contribution in [-0.4, -0.2) is 4.57 Å². The maximum absolute atomic E-state index is 2.20. The van der Waals surface area contributed by atoms with E-state index in [0.29, 0.717) is 0 Å². The number of hydrogen-bond donors (Lipinski definition) is 0. The minimum absolute atomic E-state index is 0. The Morgan fingerprint density at radius 2 is 2.00 bits per heavy atom. The third kappa shape index (κ3) is 3.21. The Morgan fingerprint density at radius 1 is 1.15 bits per heavy atom. The third-order valence-electron chi connectivity index (χ3n) is 3.02. The minimum Gasteiger partial charge on any atom is -1.00 e. The van der Waals surface area contributed by atoms with Crippen LogP contribution in [0.3, 0.4) is 0 Å². The van der Waals surface area contributed by atoms with Gasteiger partial charge in [-0.25, -0.2) is 9.13 Å². The highest BCUT2D eigenvalue weighted by atomic mass is 127. The molecule has 0 aliphatic rings. The lowest BCUT2D eigenvalue weighted by molar-refractivity contribution is -0.672. The van der Waals surface area contributed by atoms with Crippen molar-refractivity contribution in [3.05, 3.63) is 52.7 Å². The maximum Gasteiger partial charge on any atom is 0.281 e. The number of nitrogens with zero attached hydrogens (tertiary/aromatic N) is 2. The summed E-state index contributed by atoms with van der Waals surface area (Å²) in [6.07, 6.45) is 8.46.